The first-order valence-electron chi connectivity index (χ1n) is 5.53. The molecule has 0 unspecified atom stereocenters. The van der Waals surface area contributed by atoms with E-state index in [0.29, 0.717) is 0 Å². The third kappa shape index (κ3) is 3.42. The van der Waals surface area contributed by atoms with Crippen LogP contribution in [0.5, 0.6) is 11.6 Å². The Balaban J connectivity index is 2.34. The zero-order chi connectivity index (χ0) is 15.4. The summed E-state index contributed by atoms with van der Waals surface area (Å²) in [5, 5.41) is 11.1. The number of hydrogen-bond donors (Lipinski definition) is 0. The Labute approximate surface area is 123 Å². The van der Waals surface area contributed by atoms with Gasteiger partial charge in [0.2, 0.25) is 11.6 Å². The van der Waals surface area contributed by atoms with E-state index in [4.69, 9.17) is 16.3 Å². The number of nitrogens with zero attached hydrogens (tertiary/aromatic N) is 3. The van der Waals surface area contributed by atoms with Crippen molar-refractivity contribution in [3.05, 3.63) is 51.4 Å². The van der Waals surface area contributed by atoms with Gasteiger partial charge in [0.1, 0.15) is 0 Å². The normalized spacial score (nSPS) is 10.0. The molecule has 8 nitrogen and oxygen atoms in total. The summed E-state index contributed by atoms with van der Waals surface area (Å²) >= 11 is 5.70. The smallest absolute Gasteiger partial charge is 0.358 e. The molecular formula is C12H8ClN3O5. The summed E-state index contributed by atoms with van der Waals surface area (Å²) in [5.74, 6) is -0.845. The average molecular weight is 310 g/mol. The van der Waals surface area contributed by atoms with Crippen molar-refractivity contribution in [3.8, 4) is 11.6 Å². The average Bonchev–Trinajstić information content (AvgIpc) is 2.48. The molecule has 9 heteroatoms. The molecule has 0 aliphatic heterocycles. The zero-order valence-electron chi connectivity index (χ0n) is 10.6. The van der Waals surface area contributed by atoms with Crippen LogP contribution in [0.25, 0.3) is 0 Å². The molecule has 0 saturated heterocycles. The van der Waals surface area contributed by atoms with Gasteiger partial charge in [0.05, 0.1) is 24.4 Å². The van der Waals surface area contributed by atoms with Crippen molar-refractivity contribution in [2.75, 3.05) is 7.11 Å². The third-order valence-corrected chi connectivity index (χ3v) is 2.57. The van der Waals surface area contributed by atoms with Gasteiger partial charge in [0.25, 0.3) is 0 Å². The van der Waals surface area contributed by atoms with Crippen molar-refractivity contribution in [2.24, 2.45) is 0 Å². The van der Waals surface area contributed by atoms with Gasteiger partial charge in [-0.1, -0.05) is 11.6 Å². The topological polar surface area (TPSA) is 104 Å². The number of hydrogen-bond acceptors (Lipinski definition) is 7. The van der Waals surface area contributed by atoms with Crippen LogP contribution in [0.1, 0.15) is 10.5 Å². The molecule has 0 spiro atoms. The molecule has 0 radical (unpaired) electrons. The predicted molar refractivity (Wildman–Crippen MR) is 71.6 cm³/mol. The molecule has 2 aromatic rings. The van der Waals surface area contributed by atoms with Crippen LogP contribution >= 0.6 is 11.6 Å². The molecule has 1 heterocycles. The Morgan fingerprint density at radius 1 is 1.38 bits per heavy atom. The molecule has 2 rings (SSSR count). The van der Waals surface area contributed by atoms with E-state index in [2.05, 4.69) is 14.7 Å². The first-order chi connectivity index (χ1) is 10.0. The minimum Gasteiger partial charge on any atom is -0.464 e. The number of nitro groups is 1. The molecule has 0 bridgehead atoms. The number of rotatable bonds is 4. The van der Waals surface area contributed by atoms with Gasteiger partial charge in [-0.15, -0.1) is 0 Å². The van der Waals surface area contributed by atoms with Gasteiger partial charge < -0.3 is 9.47 Å². The Kier molecular flexibility index (Phi) is 4.29. The number of aromatic nitrogens is 2. The van der Waals surface area contributed by atoms with Gasteiger partial charge >= 0.3 is 11.7 Å². The molecule has 1 aromatic carbocycles. The summed E-state index contributed by atoms with van der Waals surface area (Å²) in [7, 11) is 1.20. The fourth-order valence-electron chi connectivity index (χ4n) is 1.43. The molecule has 0 saturated carbocycles. The molecule has 0 aliphatic rings. The lowest BCUT2D eigenvalue weighted by atomic mass is 10.3. The van der Waals surface area contributed by atoms with Gasteiger partial charge in [-0.2, -0.15) is 0 Å². The first kappa shape index (κ1) is 14.7. The lowest BCUT2D eigenvalue weighted by Crippen LogP contribution is -2.05. The van der Waals surface area contributed by atoms with Crippen LogP contribution in [-0.4, -0.2) is 28.0 Å². The molecule has 21 heavy (non-hydrogen) atoms. The summed E-state index contributed by atoms with van der Waals surface area (Å²) in [5.41, 5.74) is -0.403. The van der Waals surface area contributed by atoms with E-state index < -0.39 is 10.9 Å². The molecule has 1 aromatic heterocycles. The molecule has 0 amide bonds. The maximum atomic E-state index is 11.3. The second kappa shape index (κ2) is 6.14. The van der Waals surface area contributed by atoms with Gasteiger partial charge in [0.15, 0.2) is 5.69 Å². The summed E-state index contributed by atoms with van der Waals surface area (Å²) in [6.07, 6.45) is 2.40. The molecule has 0 aliphatic carbocycles. The molecule has 0 atom stereocenters. The Bertz CT molecular complexity index is 707. The quantitative estimate of drug-likeness (QED) is 0.485. The number of methoxy groups -OCH3 is 1. The summed E-state index contributed by atoms with van der Waals surface area (Å²) in [6.45, 7) is 0. The largest absolute Gasteiger partial charge is 0.464 e. The molecule has 108 valence electrons. The van der Waals surface area contributed by atoms with Crippen molar-refractivity contribution in [1.82, 2.24) is 9.97 Å². The standard InChI is InChI=1S/C12H8ClN3O5/c1-20-12(17)8-5-14-6-11(15-8)21-10-3-2-7(13)4-9(10)16(18)19/h2-6H,1H3. The van der Waals surface area contributed by atoms with Crippen LogP contribution in [0, 0.1) is 10.1 Å². The van der Waals surface area contributed by atoms with Gasteiger partial charge in [0, 0.05) is 11.1 Å². The first-order valence-corrected chi connectivity index (χ1v) is 5.91. The van der Waals surface area contributed by atoms with Crippen LogP contribution in [-0.2, 0) is 4.74 Å². The van der Waals surface area contributed by atoms with Crippen LogP contribution in [0.3, 0.4) is 0 Å². The highest BCUT2D eigenvalue weighted by molar-refractivity contribution is 6.30. The minimum atomic E-state index is -0.696. The van der Waals surface area contributed by atoms with Crippen molar-refractivity contribution in [3.63, 3.8) is 0 Å². The van der Waals surface area contributed by atoms with Crippen LogP contribution in [0.2, 0.25) is 5.02 Å². The predicted octanol–water partition coefficient (Wildman–Crippen LogP) is 2.62. The third-order valence-electron chi connectivity index (χ3n) is 2.34. The molecule has 0 N–H and O–H groups in total. The summed E-state index contributed by atoms with van der Waals surface area (Å²) in [4.78, 5) is 29.2. The van der Waals surface area contributed by atoms with E-state index in [1.54, 1.807) is 0 Å². The highest BCUT2D eigenvalue weighted by atomic mass is 35.5. The lowest BCUT2D eigenvalue weighted by Gasteiger charge is -2.06. The number of halogens is 1. The van der Waals surface area contributed by atoms with E-state index in [9.17, 15) is 14.9 Å². The van der Waals surface area contributed by atoms with Gasteiger partial charge in [-0.05, 0) is 12.1 Å². The van der Waals surface area contributed by atoms with Gasteiger partial charge in [-0.25, -0.2) is 9.78 Å². The zero-order valence-corrected chi connectivity index (χ0v) is 11.4. The van der Waals surface area contributed by atoms with E-state index >= 15 is 0 Å². The number of carbonyl (C=O) groups is 1. The number of esters is 1. The lowest BCUT2D eigenvalue weighted by molar-refractivity contribution is -0.385. The van der Waals surface area contributed by atoms with Crippen molar-refractivity contribution in [1.29, 1.82) is 0 Å². The van der Waals surface area contributed by atoms with E-state index in [1.165, 1.54) is 31.6 Å². The summed E-state index contributed by atoms with van der Waals surface area (Å²) in [6, 6.07) is 3.91. The van der Waals surface area contributed by atoms with Crippen molar-refractivity contribution < 1.29 is 19.2 Å². The maximum Gasteiger partial charge on any atom is 0.358 e. The second-order valence-corrected chi connectivity index (χ2v) is 4.14. The van der Waals surface area contributed by atoms with E-state index in [-0.39, 0.29) is 28.0 Å². The Morgan fingerprint density at radius 2 is 2.14 bits per heavy atom. The monoisotopic (exact) mass is 309 g/mol. The number of benzene rings is 1. The molecule has 0 fully saturated rings. The molecular weight excluding hydrogens is 302 g/mol. The van der Waals surface area contributed by atoms with Gasteiger partial charge in [-0.3, -0.25) is 15.1 Å². The maximum absolute atomic E-state index is 11.3. The highest BCUT2D eigenvalue weighted by Crippen LogP contribution is 2.32. The van der Waals surface area contributed by atoms with E-state index in [1.807, 2.05) is 0 Å². The number of carbonyl (C=O) groups excluding carboxylic acids is 1. The van der Waals surface area contributed by atoms with Crippen LogP contribution in [0.4, 0.5) is 5.69 Å². The van der Waals surface area contributed by atoms with Crippen molar-refractivity contribution in [2.45, 2.75) is 0 Å². The SMILES string of the molecule is COC(=O)c1cncc(Oc2ccc(Cl)cc2[N+](=O)[O-])n1. The summed E-state index contributed by atoms with van der Waals surface area (Å²) < 4.78 is 9.78. The number of nitro benzene ring substituents is 1. The fraction of sp³-hybridized carbons (Fsp3) is 0.0833. The number of ether oxygens (including phenoxy) is 2. The minimum absolute atomic E-state index is 0.0688. The van der Waals surface area contributed by atoms with Crippen molar-refractivity contribution >= 4 is 23.3 Å². The van der Waals surface area contributed by atoms with Crippen LogP contribution in [0.15, 0.2) is 30.6 Å². The highest BCUT2D eigenvalue weighted by Gasteiger charge is 2.18. The second-order valence-electron chi connectivity index (χ2n) is 3.71. The Morgan fingerprint density at radius 3 is 2.81 bits per heavy atom. The fourth-order valence-corrected chi connectivity index (χ4v) is 1.60. The van der Waals surface area contributed by atoms with E-state index in [0.717, 1.165) is 6.07 Å². The van der Waals surface area contributed by atoms with Crippen LogP contribution < -0.4 is 4.74 Å². The Hall–Kier alpha value is -2.74.